The Labute approximate surface area is 167 Å². The molecule has 1 N–H and O–H groups in total. The fraction of sp³-hybridized carbons (Fsp3) is 0.250. The quantitative estimate of drug-likeness (QED) is 0.719. The number of methoxy groups -OCH3 is 1. The Morgan fingerprint density at radius 2 is 2.07 bits per heavy atom. The molecule has 1 aliphatic rings. The van der Waals surface area contributed by atoms with E-state index in [1.807, 2.05) is 24.3 Å². The van der Waals surface area contributed by atoms with Gasteiger partial charge in [0.15, 0.2) is 0 Å². The summed E-state index contributed by atoms with van der Waals surface area (Å²) in [5, 5.41) is 3.37. The molecular weight excluding hydrogens is 380 g/mol. The first-order valence-corrected chi connectivity index (χ1v) is 9.28. The summed E-state index contributed by atoms with van der Waals surface area (Å²) in [5.74, 6) is 1.01. The van der Waals surface area contributed by atoms with Crippen molar-refractivity contribution >= 4 is 34.4 Å². The van der Waals surface area contributed by atoms with Gasteiger partial charge < -0.3 is 19.7 Å². The Kier molecular flexibility index (Phi) is 5.16. The number of carbonyl (C=O) groups is 1. The van der Waals surface area contributed by atoms with Gasteiger partial charge in [0.2, 0.25) is 5.88 Å². The number of benzene rings is 2. The van der Waals surface area contributed by atoms with Crippen molar-refractivity contribution in [1.29, 1.82) is 0 Å². The standard InChI is InChI=1S/C20H19ClN4O3/c1-27-18-7-6-13(21)10-17(18)24-20(26)25-9-8-14(12-25)28-19-11-22-15-4-2-3-5-16(15)23-19/h2-7,10-11,14H,8-9,12H2,1H3,(H,24,26). The van der Waals surface area contributed by atoms with Gasteiger partial charge in [-0.3, -0.25) is 0 Å². The van der Waals surface area contributed by atoms with Gasteiger partial charge in [-0.15, -0.1) is 0 Å². The zero-order valence-corrected chi connectivity index (χ0v) is 16.0. The minimum absolute atomic E-state index is 0.137. The van der Waals surface area contributed by atoms with Crippen LogP contribution in [0, 0.1) is 0 Å². The van der Waals surface area contributed by atoms with E-state index in [4.69, 9.17) is 21.1 Å². The van der Waals surface area contributed by atoms with Crippen LogP contribution in [-0.2, 0) is 0 Å². The van der Waals surface area contributed by atoms with Crippen LogP contribution in [0.3, 0.4) is 0 Å². The molecule has 28 heavy (non-hydrogen) atoms. The van der Waals surface area contributed by atoms with Crippen molar-refractivity contribution in [2.45, 2.75) is 12.5 Å². The minimum Gasteiger partial charge on any atom is -0.495 e. The van der Waals surface area contributed by atoms with Crippen LogP contribution < -0.4 is 14.8 Å². The van der Waals surface area contributed by atoms with Crippen LogP contribution in [-0.4, -0.2) is 47.2 Å². The Morgan fingerprint density at radius 1 is 1.25 bits per heavy atom. The predicted octanol–water partition coefficient (Wildman–Crippen LogP) is 3.98. The number of para-hydroxylation sites is 2. The van der Waals surface area contributed by atoms with Crippen molar-refractivity contribution in [1.82, 2.24) is 14.9 Å². The van der Waals surface area contributed by atoms with Gasteiger partial charge in [0.25, 0.3) is 0 Å². The third-order valence-electron chi connectivity index (χ3n) is 4.55. The van der Waals surface area contributed by atoms with E-state index in [2.05, 4.69) is 15.3 Å². The first kappa shape index (κ1) is 18.3. The molecule has 0 radical (unpaired) electrons. The van der Waals surface area contributed by atoms with Gasteiger partial charge in [0.1, 0.15) is 11.9 Å². The highest BCUT2D eigenvalue weighted by Gasteiger charge is 2.28. The zero-order valence-electron chi connectivity index (χ0n) is 15.3. The Balaban J connectivity index is 1.39. The van der Waals surface area contributed by atoms with E-state index in [1.165, 1.54) is 0 Å². The van der Waals surface area contributed by atoms with Crippen LogP contribution in [0.4, 0.5) is 10.5 Å². The molecule has 0 spiro atoms. The van der Waals surface area contributed by atoms with Crippen LogP contribution in [0.25, 0.3) is 11.0 Å². The van der Waals surface area contributed by atoms with Gasteiger partial charge >= 0.3 is 6.03 Å². The highest BCUT2D eigenvalue weighted by Crippen LogP contribution is 2.28. The molecule has 0 aliphatic carbocycles. The van der Waals surface area contributed by atoms with E-state index in [9.17, 15) is 4.79 Å². The topological polar surface area (TPSA) is 76.6 Å². The van der Waals surface area contributed by atoms with Crippen LogP contribution in [0.5, 0.6) is 11.6 Å². The number of anilines is 1. The van der Waals surface area contributed by atoms with E-state index in [0.29, 0.717) is 41.8 Å². The number of halogens is 1. The zero-order chi connectivity index (χ0) is 19.5. The third-order valence-corrected chi connectivity index (χ3v) is 4.78. The van der Waals surface area contributed by atoms with Crippen LogP contribution in [0.2, 0.25) is 5.02 Å². The number of likely N-dealkylation sites (tertiary alicyclic amines) is 1. The summed E-state index contributed by atoms with van der Waals surface area (Å²) in [6, 6.07) is 12.5. The van der Waals surface area contributed by atoms with Gasteiger partial charge in [0, 0.05) is 18.0 Å². The smallest absolute Gasteiger partial charge is 0.322 e. The van der Waals surface area contributed by atoms with Crippen molar-refractivity contribution in [2.24, 2.45) is 0 Å². The lowest BCUT2D eigenvalue weighted by molar-refractivity contribution is 0.190. The second-order valence-corrected chi connectivity index (χ2v) is 6.88. The second kappa shape index (κ2) is 7.90. The molecule has 0 saturated carbocycles. The summed E-state index contributed by atoms with van der Waals surface area (Å²) in [7, 11) is 1.54. The fourth-order valence-electron chi connectivity index (χ4n) is 3.15. The summed E-state index contributed by atoms with van der Waals surface area (Å²) >= 11 is 6.02. The predicted molar refractivity (Wildman–Crippen MR) is 107 cm³/mol. The van der Waals surface area contributed by atoms with E-state index in [0.717, 1.165) is 11.0 Å². The highest BCUT2D eigenvalue weighted by molar-refractivity contribution is 6.31. The molecule has 1 aromatic heterocycles. The number of aromatic nitrogens is 2. The maximum Gasteiger partial charge on any atom is 0.322 e. The SMILES string of the molecule is COc1ccc(Cl)cc1NC(=O)N1CCC(Oc2cnc3ccccc3n2)C1. The van der Waals surface area contributed by atoms with Crippen LogP contribution >= 0.6 is 11.6 Å². The summed E-state index contributed by atoms with van der Waals surface area (Å²) in [6.07, 6.45) is 2.19. The number of fused-ring (bicyclic) bond motifs is 1. The molecule has 3 aromatic rings. The van der Waals surface area contributed by atoms with Crippen molar-refractivity contribution < 1.29 is 14.3 Å². The number of urea groups is 1. The van der Waals surface area contributed by atoms with E-state index in [-0.39, 0.29) is 12.1 Å². The highest BCUT2D eigenvalue weighted by atomic mass is 35.5. The molecule has 2 heterocycles. The number of hydrogen-bond donors (Lipinski definition) is 1. The number of amides is 2. The van der Waals surface area contributed by atoms with E-state index >= 15 is 0 Å². The lowest BCUT2D eigenvalue weighted by atomic mass is 10.3. The van der Waals surface area contributed by atoms with E-state index < -0.39 is 0 Å². The Bertz CT molecular complexity index is 1010. The summed E-state index contributed by atoms with van der Waals surface area (Å²) in [6.45, 7) is 1.05. The fourth-order valence-corrected chi connectivity index (χ4v) is 3.32. The molecule has 2 amide bonds. The molecule has 1 aliphatic heterocycles. The molecule has 0 bridgehead atoms. The van der Waals surface area contributed by atoms with Crippen molar-refractivity contribution in [3.05, 3.63) is 53.7 Å². The number of carbonyl (C=O) groups excluding carboxylic acids is 1. The molecule has 1 saturated heterocycles. The first-order valence-electron chi connectivity index (χ1n) is 8.90. The average Bonchev–Trinajstić information content (AvgIpc) is 3.17. The normalized spacial score (nSPS) is 16.2. The summed E-state index contributed by atoms with van der Waals surface area (Å²) in [5.41, 5.74) is 2.13. The van der Waals surface area contributed by atoms with Crippen molar-refractivity contribution in [3.8, 4) is 11.6 Å². The molecule has 1 fully saturated rings. The number of ether oxygens (including phenoxy) is 2. The maximum absolute atomic E-state index is 12.6. The average molecular weight is 399 g/mol. The third kappa shape index (κ3) is 3.94. The first-order chi connectivity index (χ1) is 13.6. The molecule has 4 rings (SSSR count). The summed E-state index contributed by atoms with van der Waals surface area (Å²) in [4.78, 5) is 23.1. The van der Waals surface area contributed by atoms with Gasteiger partial charge in [-0.05, 0) is 30.3 Å². The molecule has 2 aromatic carbocycles. The number of nitrogens with one attached hydrogen (secondary N) is 1. The monoisotopic (exact) mass is 398 g/mol. The number of rotatable bonds is 4. The molecule has 7 nitrogen and oxygen atoms in total. The summed E-state index contributed by atoms with van der Waals surface area (Å²) < 4.78 is 11.2. The van der Waals surface area contributed by atoms with Crippen molar-refractivity contribution in [3.63, 3.8) is 0 Å². The van der Waals surface area contributed by atoms with Gasteiger partial charge in [-0.1, -0.05) is 23.7 Å². The Hall–Kier alpha value is -3.06. The second-order valence-electron chi connectivity index (χ2n) is 6.45. The van der Waals surface area contributed by atoms with Gasteiger partial charge in [-0.25, -0.2) is 14.8 Å². The number of hydrogen-bond acceptors (Lipinski definition) is 5. The van der Waals surface area contributed by atoms with Crippen LogP contribution in [0.15, 0.2) is 48.7 Å². The number of nitrogens with zero attached hydrogens (tertiary/aromatic N) is 3. The lowest BCUT2D eigenvalue weighted by Crippen LogP contribution is -2.34. The molecule has 8 heteroatoms. The van der Waals surface area contributed by atoms with Gasteiger partial charge in [-0.2, -0.15) is 0 Å². The largest absolute Gasteiger partial charge is 0.495 e. The Morgan fingerprint density at radius 3 is 2.89 bits per heavy atom. The molecule has 1 atom stereocenters. The van der Waals surface area contributed by atoms with Gasteiger partial charge in [0.05, 0.1) is 36.6 Å². The lowest BCUT2D eigenvalue weighted by Gasteiger charge is -2.19. The molecule has 144 valence electrons. The molecule has 1 unspecified atom stereocenters. The van der Waals surface area contributed by atoms with Crippen molar-refractivity contribution in [2.75, 3.05) is 25.5 Å². The molecular formula is C20H19ClN4O3. The minimum atomic E-state index is -0.226. The van der Waals surface area contributed by atoms with E-state index in [1.54, 1.807) is 36.4 Å². The maximum atomic E-state index is 12.6. The van der Waals surface area contributed by atoms with Crippen LogP contribution in [0.1, 0.15) is 6.42 Å².